The summed E-state index contributed by atoms with van der Waals surface area (Å²) in [6.45, 7) is 6.94. The van der Waals surface area contributed by atoms with Gasteiger partial charge in [-0.2, -0.15) is 0 Å². The molecule has 1 saturated heterocycles. The minimum Gasteiger partial charge on any atom is -0.369 e. The second-order valence-electron chi connectivity index (χ2n) is 8.80. The maximum Gasteiger partial charge on any atom is 0.293 e. The van der Waals surface area contributed by atoms with Crippen LogP contribution in [-0.2, 0) is 11.3 Å². The van der Waals surface area contributed by atoms with Gasteiger partial charge in [0, 0.05) is 27.8 Å². The minimum atomic E-state index is -0.280. The number of amides is 2. The van der Waals surface area contributed by atoms with Gasteiger partial charge in [0.25, 0.3) is 11.1 Å². The fourth-order valence-corrected chi connectivity index (χ4v) is 5.57. The van der Waals surface area contributed by atoms with Crippen molar-refractivity contribution in [3.63, 3.8) is 0 Å². The molecule has 0 unspecified atom stereocenters. The maximum absolute atomic E-state index is 12.9. The Labute approximate surface area is 200 Å². The van der Waals surface area contributed by atoms with Crippen LogP contribution in [0.15, 0.2) is 45.8 Å². The number of hydrogen-bond donors (Lipinski definition) is 0. The van der Waals surface area contributed by atoms with Crippen LogP contribution in [0.1, 0.15) is 49.8 Å². The lowest BCUT2D eigenvalue weighted by Gasteiger charge is -2.45. The van der Waals surface area contributed by atoms with E-state index >= 15 is 0 Å². The summed E-state index contributed by atoms with van der Waals surface area (Å²) < 4.78 is 0.954. The van der Waals surface area contributed by atoms with E-state index in [9.17, 15) is 9.59 Å². The van der Waals surface area contributed by atoms with E-state index in [1.54, 1.807) is 6.08 Å². The van der Waals surface area contributed by atoms with Gasteiger partial charge in [0.2, 0.25) is 0 Å². The highest BCUT2D eigenvalue weighted by Gasteiger charge is 2.37. The molecule has 0 N–H and O–H groups in total. The molecule has 162 valence electrons. The standard InChI is InChI=1S/C24H24BrClN2O2S/c1-14-12-24(2,3)27(4)20-11-19(26)16(9-18(14)20)10-21-22(29)28(23(30)31-21)13-15-5-7-17(25)8-6-15/h5-11,14H,12-13H2,1-4H3/b21-10-/t14-/m1/s1. The molecule has 0 bridgehead atoms. The predicted molar refractivity (Wildman–Crippen MR) is 133 cm³/mol. The summed E-state index contributed by atoms with van der Waals surface area (Å²) >= 11 is 11.0. The summed E-state index contributed by atoms with van der Waals surface area (Å²) in [5.74, 6) is 0.0936. The number of anilines is 1. The molecule has 0 aromatic heterocycles. The van der Waals surface area contributed by atoms with Crippen molar-refractivity contribution in [2.24, 2.45) is 0 Å². The first-order valence-electron chi connectivity index (χ1n) is 10.1. The molecule has 2 aromatic carbocycles. The summed E-state index contributed by atoms with van der Waals surface area (Å²) in [5.41, 5.74) is 4.06. The monoisotopic (exact) mass is 518 g/mol. The molecule has 0 aliphatic carbocycles. The lowest BCUT2D eigenvalue weighted by atomic mass is 9.80. The smallest absolute Gasteiger partial charge is 0.293 e. The number of carbonyl (C=O) groups is 2. The maximum atomic E-state index is 12.9. The van der Waals surface area contributed by atoms with Gasteiger partial charge in [-0.15, -0.1) is 0 Å². The Balaban J connectivity index is 1.63. The van der Waals surface area contributed by atoms with Crippen LogP contribution in [0.4, 0.5) is 10.5 Å². The van der Waals surface area contributed by atoms with Crippen LogP contribution < -0.4 is 4.90 Å². The first-order chi connectivity index (χ1) is 14.6. The Morgan fingerprint density at radius 2 is 1.90 bits per heavy atom. The van der Waals surface area contributed by atoms with E-state index in [1.165, 1.54) is 10.5 Å². The van der Waals surface area contributed by atoms with Crippen LogP contribution in [0.5, 0.6) is 0 Å². The van der Waals surface area contributed by atoms with Gasteiger partial charge in [0.1, 0.15) is 0 Å². The van der Waals surface area contributed by atoms with Crippen LogP contribution in [-0.4, -0.2) is 28.6 Å². The van der Waals surface area contributed by atoms with Crippen molar-refractivity contribution in [1.82, 2.24) is 4.90 Å². The van der Waals surface area contributed by atoms with Crippen LogP contribution in [0.2, 0.25) is 5.02 Å². The quantitative estimate of drug-likeness (QED) is 0.407. The van der Waals surface area contributed by atoms with Crippen LogP contribution in [0, 0.1) is 0 Å². The molecular formula is C24H24BrClN2O2S. The zero-order valence-corrected chi connectivity index (χ0v) is 21.1. The minimum absolute atomic E-state index is 0.0486. The molecule has 0 saturated carbocycles. The summed E-state index contributed by atoms with van der Waals surface area (Å²) in [7, 11) is 2.09. The molecule has 1 atom stereocenters. The predicted octanol–water partition coefficient (Wildman–Crippen LogP) is 7.06. The van der Waals surface area contributed by atoms with E-state index in [0.29, 0.717) is 15.8 Å². The van der Waals surface area contributed by atoms with E-state index in [4.69, 9.17) is 11.6 Å². The molecule has 0 radical (unpaired) electrons. The van der Waals surface area contributed by atoms with Crippen molar-refractivity contribution < 1.29 is 9.59 Å². The van der Waals surface area contributed by atoms with Gasteiger partial charge in [0.15, 0.2) is 0 Å². The van der Waals surface area contributed by atoms with E-state index in [-0.39, 0.29) is 23.2 Å². The summed E-state index contributed by atoms with van der Waals surface area (Å²) in [4.78, 5) is 29.4. The van der Waals surface area contributed by atoms with Gasteiger partial charge in [-0.05, 0) is 85.0 Å². The Hall–Kier alpha value is -1.76. The molecule has 2 amide bonds. The van der Waals surface area contributed by atoms with Gasteiger partial charge in [0.05, 0.1) is 11.4 Å². The van der Waals surface area contributed by atoms with Crippen molar-refractivity contribution in [1.29, 1.82) is 0 Å². The normalized spacial score (nSPS) is 21.7. The number of fused-ring (bicyclic) bond motifs is 1. The highest BCUT2D eigenvalue weighted by atomic mass is 79.9. The second kappa shape index (κ2) is 8.30. The molecule has 31 heavy (non-hydrogen) atoms. The highest BCUT2D eigenvalue weighted by molar-refractivity contribution is 9.10. The van der Waals surface area contributed by atoms with Crippen LogP contribution in [0.3, 0.4) is 0 Å². The Kier molecular flexibility index (Phi) is 6.01. The van der Waals surface area contributed by atoms with Crippen LogP contribution >= 0.6 is 39.3 Å². The lowest BCUT2D eigenvalue weighted by molar-refractivity contribution is -0.123. The SMILES string of the molecule is C[C@@H]1CC(C)(C)N(C)c2cc(Cl)c(/C=C3\SC(=O)N(Cc4ccc(Br)cc4)C3=O)cc21. The van der Waals surface area contributed by atoms with Gasteiger partial charge < -0.3 is 4.90 Å². The first-order valence-corrected chi connectivity index (χ1v) is 12.1. The van der Waals surface area contributed by atoms with Gasteiger partial charge in [-0.1, -0.05) is 46.6 Å². The zero-order chi connectivity index (χ0) is 22.5. The number of thioether (sulfide) groups is 1. The molecule has 2 aliphatic rings. The molecule has 1 fully saturated rings. The third-order valence-electron chi connectivity index (χ3n) is 6.17. The van der Waals surface area contributed by atoms with Crippen molar-refractivity contribution >= 4 is 62.2 Å². The fourth-order valence-electron chi connectivity index (χ4n) is 4.27. The molecule has 7 heteroatoms. The van der Waals surface area contributed by atoms with E-state index < -0.39 is 0 Å². The number of hydrogen-bond acceptors (Lipinski definition) is 4. The molecule has 0 spiro atoms. The average Bonchev–Trinajstić information content (AvgIpc) is 2.96. The Morgan fingerprint density at radius 3 is 2.58 bits per heavy atom. The van der Waals surface area contributed by atoms with Crippen molar-refractivity contribution in [3.05, 3.63) is 67.5 Å². The van der Waals surface area contributed by atoms with Gasteiger partial charge >= 0.3 is 0 Å². The first kappa shape index (κ1) is 22.4. The van der Waals surface area contributed by atoms with Crippen molar-refractivity contribution in [2.75, 3.05) is 11.9 Å². The molecular weight excluding hydrogens is 496 g/mol. The number of imide groups is 1. The summed E-state index contributed by atoms with van der Waals surface area (Å²) in [6, 6.07) is 11.6. The highest BCUT2D eigenvalue weighted by Crippen LogP contribution is 2.45. The van der Waals surface area contributed by atoms with E-state index in [2.05, 4.69) is 54.7 Å². The number of nitrogens with zero attached hydrogens (tertiary/aromatic N) is 2. The lowest BCUT2D eigenvalue weighted by Crippen LogP contribution is -2.45. The third kappa shape index (κ3) is 4.30. The van der Waals surface area contributed by atoms with E-state index in [1.807, 2.05) is 30.3 Å². The zero-order valence-electron chi connectivity index (χ0n) is 17.9. The number of rotatable bonds is 3. The second-order valence-corrected chi connectivity index (χ2v) is 11.1. The Bertz CT molecular complexity index is 1100. The molecule has 2 aliphatic heterocycles. The van der Waals surface area contributed by atoms with Gasteiger partial charge in [-0.25, -0.2) is 0 Å². The molecule has 2 aromatic rings. The third-order valence-corrected chi connectivity index (χ3v) is 7.93. The summed E-state index contributed by atoms with van der Waals surface area (Å²) in [6.07, 6.45) is 2.78. The Morgan fingerprint density at radius 1 is 1.23 bits per heavy atom. The van der Waals surface area contributed by atoms with Crippen molar-refractivity contribution in [2.45, 2.75) is 45.2 Å². The largest absolute Gasteiger partial charge is 0.369 e. The summed E-state index contributed by atoms with van der Waals surface area (Å²) in [5, 5.41) is 0.318. The van der Waals surface area contributed by atoms with Crippen molar-refractivity contribution in [3.8, 4) is 0 Å². The topological polar surface area (TPSA) is 40.6 Å². The molecule has 4 rings (SSSR count). The number of benzene rings is 2. The van der Waals surface area contributed by atoms with Crippen LogP contribution in [0.25, 0.3) is 6.08 Å². The van der Waals surface area contributed by atoms with Gasteiger partial charge in [-0.3, -0.25) is 14.5 Å². The average molecular weight is 520 g/mol. The number of halogens is 2. The number of carbonyl (C=O) groups excluding carboxylic acids is 2. The molecule has 4 nitrogen and oxygen atoms in total. The fraction of sp³-hybridized carbons (Fsp3) is 0.333. The van der Waals surface area contributed by atoms with E-state index in [0.717, 1.165) is 39.5 Å². The molecule has 2 heterocycles.